The molecule has 1 atom stereocenters. The molecule has 0 spiro atoms. The number of hydrogen-bond acceptors (Lipinski definition) is 4. The third kappa shape index (κ3) is 2.53. The van der Waals surface area contributed by atoms with Crippen LogP contribution in [0.5, 0.6) is 0 Å². The average molecular weight is 211 g/mol. The van der Waals surface area contributed by atoms with Crippen molar-refractivity contribution in [2.24, 2.45) is 0 Å². The normalized spacial score (nSPS) is 22.9. The molecule has 0 amide bonds. The summed E-state index contributed by atoms with van der Waals surface area (Å²) in [6.45, 7) is 3.29. The minimum atomic E-state index is 0.686. The van der Waals surface area contributed by atoms with Crippen molar-refractivity contribution in [2.75, 3.05) is 20.1 Å². The quantitative estimate of drug-likeness (QED) is 0.817. The second kappa shape index (κ2) is 4.87. The first kappa shape index (κ1) is 10.1. The van der Waals surface area contributed by atoms with E-state index in [4.69, 9.17) is 0 Å². The monoisotopic (exact) mass is 211 g/mol. The highest BCUT2D eigenvalue weighted by Crippen LogP contribution is 2.12. The molecule has 14 heavy (non-hydrogen) atoms. The summed E-state index contributed by atoms with van der Waals surface area (Å²) in [4.78, 5) is 6.71. The zero-order valence-electron chi connectivity index (χ0n) is 8.57. The van der Waals surface area contributed by atoms with Gasteiger partial charge in [0.15, 0.2) is 0 Å². The van der Waals surface area contributed by atoms with Gasteiger partial charge < -0.3 is 5.32 Å². The maximum atomic E-state index is 4.31. The molecule has 4 heteroatoms. The molecule has 1 N–H and O–H groups in total. The Morgan fingerprint density at radius 1 is 1.71 bits per heavy atom. The van der Waals surface area contributed by atoms with Crippen molar-refractivity contribution in [3.63, 3.8) is 0 Å². The highest BCUT2D eigenvalue weighted by molar-refractivity contribution is 7.07. The lowest BCUT2D eigenvalue weighted by atomic mass is 10.1. The van der Waals surface area contributed by atoms with Crippen LogP contribution >= 0.6 is 11.3 Å². The van der Waals surface area contributed by atoms with Crippen LogP contribution in [-0.2, 0) is 6.54 Å². The highest BCUT2D eigenvalue weighted by Gasteiger charge is 2.17. The van der Waals surface area contributed by atoms with Crippen LogP contribution in [0.15, 0.2) is 10.9 Å². The molecule has 0 aromatic carbocycles. The summed E-state index contributed by atoms with van der Waals surface area (Å²) < 4.78 is 0. The van der Waals surface area contributed by atoms with Crippen molar-refractivity contribution in [3.8, 4) is 0 Å². The van der Waals surface area contributed by atoms with Crippen molar-refractivity contribution in [2.45, 2.75) is 25.4 Å². The molecule has 78 valence electrons. The lowest BCUT2D eigenvalue weighted by Crippen LogP contribution is -2.43. The summed E-state index contributed by atoms with van der Waals surface area (Å²) in [7, 11) is 2.19. The highest BCUT2D eigenvalue weighted by atomic mass is 32.1. The first-order valence-electron chi connectivity index (χ1n) is 5.14. The number of thiazole rings is 1. The van der Waals surface area contributed by atoms with Crippen LogP contribution in [0.2, 0.25) is 0 Å². The molecule has 2 heterocycles. The van der Waals surface area contributed by atoms with E-state index >= 15 is 0 Å². The zero-order chi connectivity index (χ0) is 9.80. The molecule has 0 radical (unpaired) electrons. The number of nitrogens with one attached hydrogen (secondary N) is 1. The van der Waals surface area contributed by atoms with Crippen LogP contribution in [0.1, 0.15) is 18.5 Å². The number of hydrogen-bond donors (Lipinski definition) is 1. The maximum Gasteiger partial charge on any atom is 0.0795 e. The maximum absolute atomic E-state index is 4.31. The van der Waals surface area contributed by atoms with Crippen molar-refractivity contribution in [3.05, 3.63) is 16.6 Å². The van der Waals surface area contributed by atoms with Crippen LogP contribution < -0.4 is 5.32 Å². The second-order valence-electron chi connectivity index (χ2n) is 3.90. The van der Waals surface area contributed by atoms with Gasteiger partial charge in [0.2, 0.25) is 0 Å². The Labute approximate surface area is 89.1 Å². The number of likely N-dealkylation sites (N-methyl/N-ethyl adjacent to an activating group) is 1. The van der Waals surface area contributed by atoms with Crippen molar-refractivity contribution in [1.29, 1.82) is 0 Å². The third-order valence-electron chi connectivity index (χ3n) is 2.79. The van der Waals surface area contributed by atoms with Gasteiger partial charge in [-0.3, -0.25) is 4.90 Å². The molecule has 1 aromatic heterocycles. The van der Waals surface area contributed by atoms with E-state index in [2.05, 4.69) is 27.6 Å². The summed E-state index contributed by atoms with van der Waals surface area (Å²) in [6, 6.07) is 0.686. The first-order chi connectivity index (χ1) is 6.86. The summed E-state index contributed by atoms with van der Waals surface area (Å²) in [5.41, 5.74) is 3.10. The van der Waals surface area contributed by atoms with E-state index in [1.54, 1.807) is 11.3 Å². The molecule has 1 saturated heterocycles. The molecule has 0 bridgehead atoms. The van der Waals surface area contributed by atoms with Crippen LogP contribution in [0, 0.1) is 0 Å². The molecule has 1 fully saturated rings. The van der Waals surface area contributed by atoms with Gasteiger partial charge in [-0.2, -0.15) is 0 Å². The number of rotatable bonds is 3. The first-order valence-corrected chi connectivity index (χ1v) is 6.08. The van der Waals surface area contributed by atoms with Gasteiger partial charge in [-0.1, -0.05) is 0 Å². The second-order valence-corrected chi connectivity index (χ2v) is 4.61. The van der Waals surface area contributed by atoms with Gasteiger partial charge in [-0.25, -0.2) is 4.98 Å². The van der Waals surface area contributed by atoms with Crippen molar-refractivity contribution < 1.29 is 0 Å². The van der Waals surface area contributed by atoms with Gasteiger partial charge in [0.1, 0.15) is 0 Å². The fraction of sp³-hybridized carbons (Fsp3) is 0.700. The fourth-order valence-electron chi connectivity index (χ4n) is 1.91. The van der Waals surface area contributed by atoms with Crippen LogP contribution in [0.3, 0.4) is 0 Å². The molecule has 1 aliphatic rings. The minimum absolute atomic E-state index is 0.686. The predicted molar refractivity (Wildman–Crippen MR) is 59.5 cm³/mol. The van der Waals surface area contributed by atoms with Gasteiger partial charge >= 0.3 is 0 Å². The molecule has 2 rings (SSSR count). The largest absolute Gasteiger partial charge is 0.315 e. The van der Waals surface area contributed by atoms with Crippen LogP contribution in [0.4, 0.5) is 0 Å². The number of aromatic nitrogens is 1. The van der Waals surface area contributed by atoms with E-state index < -0.39 is 0 Å². The summed E-state index contributed by atoms with van der Waals surface area (Å²) in [5, 5.41) is 5.57. The molecular weight excluding hydrogens is 194 g/mol. The van der Waals surface area contributed by atoms with Gasteiger partial charge in [0.05, 0.1) is 11.2 Å². The van der Waals surface area contributed by atoms with Gasteiger partial charge in [0, 0.05) is 24.5 Å². The molecule has 0 aliphatic carbocycles. The zero-order valence-corrected chi connectivity index (χ0v) is 9.39. The Bertz CT molecular complexity index is 254. The average Bonchev–Trinajstić information content (AvgIpc) is 2.72. The number of piperidine rings is 1. The topological polar surface area (TPSA) is 28.2 Å². The third-order valence-corrected chi connectivity index (χ3v) is 3.42. The lowest BCUT2D eigenvalue weighted by molar-refractivity contribution is 0.194. The van der Waals surface area contributed by atoms with Gasteiger partial charge in [-0.15, -0.1) is 11.3 Å². The Kier molecular flexibility index (Phi) is 3.50. The summed E-state index contributed by atoms with van der Waals surface area (Å²) in [6.07, 6.45) is 2.61. The number of nitrogens with zero attached hydrogens (tertiary/aromatic N) is 2. The molecule has 1 aliphatic heterocycles. The van der Waals surface area contributed by atoms with E-state index in [0.29, 0.717) is 6.04 Å². The van der Waals surface area contributed by atoms with E-state index in [9.17, 15) is 0 Å². The Balaban J connectivity index is 1.85. The molecule has 1 unspecified atom stereocenters. The van der Waals surface area contributed by atoms with Crippen molar-refractivity contribution >= 4 is 11.3 Å². The lowest BCUT2D eigenvalue weighted by Gasteiger charge is -2.31. The van der Waals surface area contributed by atoms with E-state index in [1.807, 2.05) is 5.51 Å². The fourth-order valence-corrected chi connectivity index (χ4v) is 2.46. The Morgan fingerprint density at radius 2 is 2.64 bits per heavy atom. The molecule has 3 nitrogen and oxygen atoms in total. The van der Waals surface area contributed by atoms with E-state index in [-0.39, 0.29) is 0 Å². The summed E-state index contributed by atoms with van der Waals surface area (Å²) >= 11 is 1.67. The summed E-state index contributed by atoms with van der Waals surface area (Å²) in [5.74, 6) is 0. The van der Waals surface area contributed by atoms with Crippen LogP contribution in [-0.4, -0.2) is 36.1 Å². The van der Waals surface area contributed by atoms with Gasteiger partial charge in [-0.05, 0) is 26.4 Å². The van der Waals surface area contributed by atoms with E-state index in [1.165, 1.54) is 25.1 Å². The Morgan fingerprint density at radius 3 is 3.29 bits per heavy atom. The predicted octanol–water partition coefficient (Wildman–Crippen LogP) is 1.33. The van der Waals surface area contributed by atoms with Crippen molar-refractivity contribution in [1.82, 2.24) is 15.2 Å². The van der Waals surface area contributed by atoms with Gasteiger partial charge in [0.25, 0.3) is 0 Å². The molecule has 0 saturated carbocycles. The molecule has 1 aromatic rings. The SMILES string of the molecule is CN(Cc1cscn1)C1CCCNC1. The van der Waals surface area contributed by atoms with E-state index in [0.717, 1.165) is 13.1 Å². The minimum Gasteiger partial charge on any atom is -0.315 e. The standard InChI is InChI=1S/C10H17N3S/c1-13(6-9-7-14-8-12-9)10-3-2-4-11-5-10/h7-8,10-11H,2-6H2,1H3. The molecular formula is C10H17N3S. The smallest absolute Gasteiger partial charge is 0.0795 e. The Hall–Kier alpha value is -0.450. The van der Waals surface area contributed by atoms with Crippen LogP contribution in [0.25, 0.3) is 0 Å².